The molecule has 1 aromatic rings. The molecule has 0 aromatic carbocycles. The summed E-state index contributed by atoms with van der Waals surface area (Å²) in [6.07, 6.45) is 0.494. The van der Waals surface area contributed by atoms with Crippen molar-refractivity contribution >= 4 is 21.4 Å². The van der Waals surface area contributed by atoms with Crippen molar-refractivity contribution in [2.75, 3.05) is 46.0 Å². The first-order valence-corrected chi connectivity index (χ1v) is 8.91. The van der Waals surface area contributed by atoms with Crippen molar-refractivity contribution in [1.29, 1.82) is 0 Å². The van der Waals surface area contributed by atoms with E-state index in [-0.39, 0.29) is 6.61 Å². The summed E-state index contributed by atoms with van der Waals surface area (Å²) in [6.45, 7) is 4.24. The van der Waals surface area contributed by atoms with E-state index in [1.807, 2.05) is 0 Å². The molecule has 0 spiro atoms. The number of aliphatic hydroxyl groups is 1. The van der Waals surface area contributed by atoms with Crippen LogP contribution in [0.5, 0.6) is 0 Å². The Bertz CT molecular complexity index is 509. The molecule has 8 heteroatoms. The van der Waals surface area contributed by atoms with Crippen LogP contribution in [0.2, 0.25) is 0 Å². The number of hydrogen-bond acceptors (Lipinski definition) is 6. The summed E-state index contributed by atoms with van der Waals surface area (Å²) in [5.74, 6) is 0. The predicted molar refractivity (Wildman–Crippen MR) is 77.6 cm³/mol. The number of hydrogen-bond donors (Lipinski definition) is 2. The van der Waals surface area contributed by atoms with Crippen LogP contribution in [-0.4, -0.2) is 64.4 Å². The van der Waals surface area contributed by atoms with Crippen LogP contribution < -0.4 is 4.72 Å². The Kier molecular flexibility index (Phi) is 5.94. The van der Waals surface area contributed by atoms with E-state index in [4.69, 9.17) is 9.84 Å². The number of nitrogens with zero attached hydrogens (tertiary/aromatic N) is 1. The van der Waals surface area contributed by atoms with Crippen LogP contribution in [0.3, 0.4) is 0 Å². The van der Waals surface area contributed by atoms with Crippen molar-refractivity contribution in [2.45, 2.75) is 10.6 Å². The predicted octanol–water partition coefficient (Wildman–Crippen LogP) is -0.107. The number of sulfonamides is 1. The third-order valence-corrected chi connectivity index (χ3v) is 6.18. The van der Waals surface area contributed by atoms with Gasteiger partial charge in [-0.05, 0) is 12.1 Å². The van der Waals surface area contributed by atoms with Gasteiger partial charge in [0.15, 0.2) is 0 Å². The van der Waals surface area contributed by atoms with Crippen molar-refractivity contribution in [1.82, 2.24) is 9.62 Å². The number of aliphatic hydroxyl groups excluding tert-OH is 1. The zero-order chi connectivity index (χ0) is 14.4. The average molecular weight is 320 g/mol. The summed E-state index contributed by atoms with van der Waals surface area (Å²) in [6, 6.07) is 3.34. The standard InChI is InChI=1S/C12H20N2O4S2/c15-8-3-11-1-2-12(19-11)20(16,17)13-4-5-14-6-9-18-10-7-14/h1-2,13,15H,3-10H2. The number of rotatable bonds is 7. The molecule has 20 heavy (non-hydrogen) atoms. The topological polar surface area (TPSA) is 78.9 Å². The molecule has 0 bridgehead atoms. The van der Waals surface area contributed by atoms with Crippen LogP contribution >= 0.6 is 11.3 Å². The van der Waals surface area contributed by atoms with Gasteiger partial charge in [-0.2, -0.15) is 0 Å². The van der Waals surface area contributed by atoms with Gasteiger partial charge in [-0.3, -0.25) is 4.90 Å². The van der Waals surface area contributed by atoms with Gasteiger partial charge in [0.1, 0.15) is 4.21 Å². The molecule has 0 radical (unpaired) electrons. The first kappa shape index (κ1) is 15.9. The first-order chi connectivity index (χ1) is 9.62. The molecule has 2 heterocycles. The maximum Gasteiger partial charge on any atom is 0.250 e. The van der Waals surface area contributed by atoms with Crippen molar-refractivity contribution in [3.63, 3.8) is 0 Å². The fraction of sp³-hybridized carbons (Fsp3) is 0.667. The molecule has 2 rings (SSSR count). The fourth-order valence-corrected chi connectivity index (χ4v) is 4.39. The highest BCUT2D eigenvalue weighted by atomic mass is 32.2. The van der Waals surface area contributed by atoms with Crippen molar-refractivity contribution in [2.24, 2.45) is 0 Å². The molecule has 0 saturated carbocycles. The number of ether oxygens (including phenoxy) is 1. The summed E-state index contributed by atoms with van der Waals surface area (Å²) in [4.78, 5) is 3.05. The van der Waals surface area contributed by atoms with E-state index in [0.717, 1.165) is 18.0 Å². The molecule has 0 unspecified atom stereocenters. The van der Waals surface area contributed by atoms with Crippen molar-refractivity contribution in [3.8, 4) is 0 Å². The van der Waals surface area contributed by atoms with Crippen LogP contribution in [0, 0.1) is 0 Å². The summed E-state index contributed by atoms with van der Waals surface area (Å²) in [5, 5.41) is 8.84. The monoisotopic (exact) mass is 320 g/mol. The minimum Gasteiger partial charge on any atom is -0.396 e. The van der Waals surface area contributed by atoms with Gasteiger partial charge < -0.3 is 9.84 Å². The van der Waals surface area contributed by atoms with Crippen LogP contribution in [-0.2, 0) is 21.2 Å². The number of thiophene rings is 1. The molecule has 0 atom stereocenters. The Balaban J connectivity index is 1.83. The third-order valence-electron chi connectivity index (χ3n) is 3.08. The molecule has 1 fully saturated rings. The normalized spacial score (nSPS) is 17.4. The van der Waals surface area contributed by atoms with Gasteiger partial charge in [0, 0.05) is 44.1 Å². The molecule has 2 N–H and O–H groups in total. The lowest BCUT2D eigenvalue weighted by atomic mass is 10.4. The molecular formula is C12H20N2O4S2. The van der Waals surface area contributed by atoms with Crippen LogP contribution in [0.15, 0.2) is 16.3 Å². The summed E-state index contributed by atoms with van der Waals surface area (Å²) in [7, 11) is -3.43. The minimum atomic E-state index is -3.43. The minimum absolute atomic E-state index is 0.0322. The summed E-state index contributed by atoms with van der Waals surface area (Å²) in [5.41, 5.74) is 0. The Morgan fingerprint density at radius 3 is 2.80 bits per heavy atom. The van der Waals surface area contributed by atoms with Crippen molar-refractivity contribution < 1.29 is 18.3 Å². The molecule has 1 aliphatic heterocycles. The van der Waals surface area contributed by atoms with Crippen LogP contribution in [0.25, 0.3) is 0 Å². The molecule has 114 valence electrons. The Morgan fingerprint density at radius 1 is 1.35 bits per heavy atom. The highest BCUT2D eigenvalue weighted by Crippen LogP contribution is 2.21. The molecule has 1 aliphatic rings. The second-order valence-electron chi connectivity index (χ2n) is 4.55. The van der Waals surface area contributed by atoms with E-state index in [0.29, 0.717) is 36.9 Å². The van der Waals surface area contributed by atoms with Gasteiger partial charge in [-0.1, -0.05) is 0 Å². The van der Waals surface area contributed by atoms with E-state index < -0.39 is 10.0 Å². The van der Waals surface area contributed by atoms with E-state index in [1.165, 1.54) is 11.3 Å². The summed E-state index contributed by atoms with van der Waals surface area (Å²) < 4.78 is 32.3. The molecule has 0 amide bonds. The zero-order valence-corrected chi connectivity index (χ0v) is 12.9. The maximum absolute atomic E-state index is 12.1. The lowest BCUT2D eigenvalue weighted by Crippen LogP contribution is -2.41. The quantitative estimate of drug-likeness (QED) is 0.733. The highest BCUT2D eigenvalue weighted by molar-refractivity contribution is 7.91. The molecule has 6 nitrogen and oxygen atoms in total. The SMILES string of the molecule is O=S(=O)(NCCN1CCOCC1)c1ccc(CCO)s1. The Labute approximate surface area is 123 Å². The molecular weight excluding hydrogens is 300 g/mol. The van der Waals surface area contributed by atoms with E-state index in [9.17, 15) is 8.42 Å². The highest BCUT2D eigenvalue weighted by Gasteiger charge is 2.17. The summed E-state index contributed by atoms with van der Waals surface area (Å²) >= 11 is 1.21. The number of nitrogens with one attached hydrogen (secondary N) is 1. The number of morpholine rings is 1. The zero-order valence-electron chi connectivity index (χ0n) is 11.2. The van der Waals surface area contributed by atoms with Gasteiger partial charge in [-0.25, -0.2) is 13.1 Å². The lowest BCUT2D eigenvalue weighted by molar-refractivity contribution is 0.0390. The second-order valence-corrected chi connectivity index (χ2v) is 7.71. The second kappa shape index (κ2) is 7.48. The lowest BCUT2D eigenvalue weighted by Gasteiger charge is -2.26. The van der Waals surface area contributed by atoms with Crippen LogP contribution in [0.1, 0.15) is 4.88 Å². The average Bonchev–Trinajstić information content (AvgIpc) is 2.90. The molecule has 1 saturated heterocycles. The van der Waals surface area contributed by atoms with Gasteiger partial charge in [0.25, 0.3) is 0 Å². The van der Waals surface area contributed by atoms with E-state index in [1.54, 1.807) is 12.1 Å². The first-order valence-electron chi connectivity index (χ1n) is 6.61. The largest absolute Gasteiger partial charge is 0.396 e. The fourth-order valence-electron chi connectivity index (χ4n) is 1.98. The van der Waals surface area contributed by atoms with Gasteiger partial charge in [0.05, 0.1) is 13.2 Å². The molecule has 0 aliphatic carbocycles. The Morgan fingerprint density at radius 2 is 2.10 bits per heavy atom. The van der Waals surface area contributed by atoms with Crippen LogP contribution in [0.4, 0.5) is 0 Å². The van der Waals surface area contributed by atoms with E-state index in [2.05, 4.69) is 9.62 Å². The van der Waals surface area contributed by atoms with E-state index >= 15 is 0 Å². The van der Waals surface area contributed by atoms with Gasteiger partial charge in [0.2, 0.25) is 10.0 Å². The van der Waals surface area contributed by atoms with Gasteiger partial charge >= 0.3 is 0 Å². The smallest absolute Gasteiger partial charge is 0.250 e. The molecule has 1 aromatic heterocycles. The maximum atomic E-state index is 12.1. The van der Waals surface area contributed by atoms with Gasteiger partial charge in [-0.15, -0.1) is 11.3 Å². The van der Waals surface area contributed by atoms with Crippen molar-refractivity contribution in [3.05, 3.63) is 17.0 Å². The Hall–Kier alpha value is -0.510. The third kappa shape index (κ3) is 4.51.